The molecule has 0 bridgehead atoms. The van der Waals surface area contributed by atoms with E-state index in [-0.39, 0.29) is 12.6 Å². The number of rotatable bonds is 6. The Kier molecular flexibility index (Phi) is 5.02. The summed E-state index contributed by atoms with van der Waals surface area (Å²) in [7, 11) is 3.10. The third kappa shape index (κ3) is 3.31. The predicted octanol–water partition coefficient (Wildman–Crippen LogP) is 3.69. The first-order valence-electron chi connectivity index (χ1n) is 8.23. The van der Waals surface area contributed by atoms with Crippen molar-refractivity contribution in [2.75, 3.05) is 26.7 Å². The smallest absolute Gasteiger partial charge is 0.231 e. The first-order chi connectivity index (χ1) is 12.6. The van der Waals surface area contributed by atoms with Gasteiger partial charge in [-0.05, 0) is 36.8 Å². The Labute approximate surface area is 152 Å². The van der Waals surface area contributed by atoms with Crippen molar-refractivity contribution >= 4 is 17.5 Å². The minimum atomic E-state index is -0.0921. The van der Waals surface area contributed by atoms with Crippen LogP contribution in [0.5, 0.6) is 23.0 Å². The van der Waals surface area contributed by atoms with Gasteiger partial charge in [-0.15, -0.1) is 0 Å². The van der Waals surface area contributed by atoms with Crippen molar-refractivity contribution < 1.29 is 23.7 Å². The molecule has 0 aromatic heterocycles. The van der Waals surface area contributed by atoms with Crippen molar-refractivity contribution in [1.82, 2.24) is 0 Å². The molecule has 0 aliphatic carbocycles. The zero-order chi connectivity index (χ0) is 18.7. The van der Waals surface area contributed by atoms with Crippen LogP contribution < -0.4 is 24.7 Å². The number of nitrogens with two attached hydrogens (primary N) is 1. The molecule has 2 N–H and O–H groups in total. The second kappa shape index (κ2) is 7.39. The van der Waals surface area contributed by atoms with Gasteiger partial charge < -0.3 is 24.7 Å². The zero-order valence-electron chi connectivity index (χ0n) is 15.0. The van der Waals surface area contributed by atoms with Gasteiger partial charge in [0.2, 0.25) is 6.79 Å². The van der Waals surface area contributed by atoms with Gasteiger partial charge >= 0.3 is 0 Å². The summed E-state index contributed by atoms with van der Waals surface area (Å²) in [6.07, 6.45) is 2.37. The highest BCUT2D eigenvalue weighted by Gasteiger charge is 2.19. The van der Waals surface area contributed by atoms with Crippen molar-refractivity contribution in [3.8, 4) is 23.0 Å². The summed E-state index contributed by atoms with van der Waals surface area (Å²) >= 11 is 0. The van der Waals surface area contributed by atoms with Crippen LogP contribution in [0.3, 0.4) is 0 Å². The summed E-state index contributed by atoms with van der Waals surface area (Å²) in [6.45, 7) is 2.11. The molecule has 6 nitrogen and oxygen atoms in total. The summed E-state index contributed by atoms with van der Waals surface area (Å²) in [6, 6.07) is 8.59. The molecule has 0 fully saturated rings. The molecule has 0 radical (unpaired) electrons. The highest BCUT2D eigenvalue weighted by molar-refractivity contribution is 6.11. The number of carbonyl (C=O) groups excluding carboxylic acids is 1. The molecular weight excluding hydrogens is 334 g/mol. The lowest BCUT2D eigenvalue weighted by molar-refractivity contribution is 0.103. The van der Waals surface area contributed by atoms with Gasteiger partial charge in [0.05, 0.1) is 19.9 Å². The first-order valence-corrected chi connectivity index (χ1v) is 8.23. The van der Waals surface area contributed by atoms with E-state index in [2.05, 4.69) is 0 Å². The first kappa shape index (κ1) is 17.7. The Balaban J connectivity index is 1.99. The number of methoxy groups -OCH3 is 2. The molecule has 136 valence electrons. The van der Waals surface area contributed by atoms with Gasteiger partial charge in [-0.1, -0.05) is 6.92 Å². The minimum Gasteiger partial charge on any atom is -0.496 e. The normalized spacial score (nSPS) is 12.8. The number of nitrogen functional groups attached to an aromatic ring is 1. The summed E-state index contributed by atoms with van der Waals surface area (Å²) in [5.74, 6) is 2.26. The molecule has 1 heterocycles. The lowest BCUT2D eigenvalue weighted by Crippen LogP contribution is -2.04. The Morgan fingerprint density at radius 2 is 1.81 bits per heavy atom. The molecule has 0 saturated heterocycles. The third-order valence-electron chi connectivity index (χ3n) is 4.22. The molecule has 3 rings (SSSR count). The van der Waals surface area contributed by atoms with E-state index < -0.39 is 0 Å². The van der Waals surface area contributed by atoms with Crippen molar-refractivity contribution in [2.24, 2.45) is 0 Å². The van der Waals surface area contributed by atoms with Crippen LogP contribution in [-0.2, 0) is 0 Å². The zero-order valence-corrected chi connectivity index (χ0v) is 15.0. The van der Waals surface area contributed by atoms with Crippen molar-refractivity contribution in [3.05, 3.63) is 47.0 Å². The molecule has 0 saturated carbocycles. The van der Waals surface area contributed by atoms with Gasteiger partial charge in [-0.2, -0.15) is 0 Å². The number of ketones is 1. The van der Waals surface area contributed by atoms with Crippen molar-refractivity contribution in [3.63, 3.8) is 0 Å². The van der Waals surface area contributed by atoms with Crippen LogP contribution in [0.4, 0.5) is 5.69 Å². The summed E-state index contributed by atoms with van der Waals surface area (Å²) < 4.78 is 21.4. The fraction of sp³-hybridized carbons (Fsp3) is 0.250. The lowest BCUT2D eigenvalue weighted by Gasteiger charge is -2.10. The number of hydrogen-bond acceptors (Lipinski definition) is 6. The van der Waals surface area contributed by atoms with Gasteiger partial charge in [-0.25, -0.2) is 0 Å². The monoisotopic (exact) mass is 355 g/mol. The minimum absolute atomic E-state index is 0.0921. The lowest BCUT2D eigenvalue weighted by atomic mass is 9.98. The van der Waals surface area contributed by atoms with Crippen molar-refractivity contribution in [1.29, 1.82) is 0 Å². The van der Waals surface area contributed by atoms with Gasteiger partial charge in [-0.3, -0.25) is 4.79 Å². The molecule has 1 aliphatic heterocycles. The Morgan fingerprint density at radius 1 is 1.12 bits per heavy atom. The highest BCUT2D eigenvalue weighted by atomic mass is 16.7. The van der Waals surface area contributed by atoms with E-state index >= 15 is 0 Å². The molecule has 26 heavy (non-hydrogen) atoms. The number of Topliss-reactive ketones (excluding diaryl/α,β-unsaturated/α-hetero) is 1. The van der Waals surface area contributed by atoms with Crippen LogP contribution in [0.1, 0.15) is 29.3 Å². The number of hydrogen-bond donors (Lipinski definition) is 1. The average Bonchev–Trinajstić information content (AvgIpc) is 3.12. The van der Waals surface area contributed by atoms with Gasteiger partial charge in [0, 0.05) is 22.8 Å². The molecule has 2 aromatic carbocycles. The van der Waals surface area contributed by atoms with Crippen LogP contribution in [-0.4, -0.2) is 26.8 Å². The number of allylic oxidation sites excluding steroid dienone is 1. The Bertz CT molecular complexity index is 873. The summed E-state index contributed by atoms with van der Waals surface area (Å²) in [5, 5.41) is 0. The maximum atomic E-state index is 12.9. The largest absolute Gasteiger partial charge is 0.496 e. The Hall–Kier alpha value is -3.15. The van der Waals surface area contributed by atoms with E-state index in [9.17, 15) is 4.79 Å². The van der Waals surface area contributed by atoms with E-state index in [1.807, 2.05) is 19.1 Å². The van der Waals surface area contributed by atoms with E-state index in [1.54, 1.807) is 31.4 Å². The molecule has 2 aromatic rings. The van der Waals surface area contributed by atoms with Gasteiger partial charge in [0.25, 0.3) is 0 Å². The van der Waals surface area contributed by atoms with E-state index in [1.165, 1.54) is 7.11 Å². The van der Waals surface area contributed by atoms with Crippen LogP contribution in [0.2, 0.25) is 0 Å². The fourth-order valence-electron chi connectivity index (χ4n) is 2.78. The third-order valence-corrected chi connectivity index (χ3v) is 4.22. The summed E-state index contributed by atoms with van der Waals surface area (Å²) in [5.41, 5.74) is 8.22. The SMILES string of the molecule is CCC(=Cc1cc2c(cc1OC)OCO2)C(=O)c1ccc(N)c(OC)c1. The van der Waals surface area contributed by atoms with Gasteiger partial charge in [0.1, 0.15) is 11.5 Å². The Morgan fingerprint density at radius 3 is 2.46 bits per heavy atom. The van der Waals surface area contributed by atoms with Crippen LogP contribution in [0.25, 0.3) is 6.08 Å². The average molecular weight is 355 g/mol. The molecule has 1 aliphatic rings. The quantitative estimate of drug-likeness (QED) is 0.484. The number of benzene rings is 2. The van der Waals surface area contributed by atoms with Crippen LogP contribution in [0.15, 0.2) is 35.9 Å². The number of ether oxygens (including phenoxy) is 4. The fourth-order valence-corrected chi connectivity index (χ4v) is 2.78. The number of fused-ring (bicyclic) bond motifs is 1. The molecule has 0 spiro atoms. The van der Waals surface area contributed by atoms with E-state index in [0.717, 1.165) is 5.56 Å². The molecule has 0 amide bonds. The van der Waals surface area contributed by atoms with E-state index in [0.29, 0.717) is 46.2 Å². The second-order valence-corrected chi connectivity index (χ2v) is 5.76. The van der Waals surface area contributed by atoms with Gasteiger partial charge in [0.15, 0.2) is 17.3 Å². The maximum absolute atomic E-state index is 12.9. The maximum Gasteiger partial charge on any atom is 0.231 e. The topological polar surface area (TPSA) is 80.0 Å². The molecule has 0 atom stereocenters. The number of anilines is 1. The number of carbonyl (C=O) groups is 1. The second-order valence-electron chi connectivity index (χ2n) is 5.76. The summed E-state index contributed by atoms with van der Waals surface area (Å²) in [4.78, 5) is 12.9. The molecule has 0 unspecified atom stereocenters. The standard InChI is InChI=1S/C20H21NO5/c1-4-12(20(22)13-5-6-15(21)17(8-13)24-3)7-14-9-18-19(26-11-25-18)10-16(14)23-2/h5-10H,4,11,21H2,1-3H3. The van der Waals surface area contributed by atoms with E-state index in [4.69, 9.17) is 24.7 Å². The highest BCUT2D eigenvalue weighted by Crippen LogP contribution is 2.39. The van der Waals surface area contributed by atoms with Crippen molar-refractivity contribution in [2.45, 2.75) is 13.3 Å². The van der Waals surface area contributed by atoms with Crippen LogP contribution in [0, 0.1) is 0 Å². The molecular formula is C20H21NO5. The van der Waals surface area contributed by atoms with Crippen LogP contribution >= 0.6 is 0 Å². The predicted molar refractivity (Wildman–Crippen MR) is 99.1 cm³/mol. The molecule has 6 heteroatoms.